The highest BCUT2D eigenvalue weighted by atomic mass is 16.1. The second kappa shape index (κ2) is 4.45. The zero-order chi connectivity index (χ0) is 9.68. The van der Waals surface area contributed by atoms with Gasteiger partial charge in [0.1, 0.15) is 0 Å². The van der Waals surface area contributed by atoms with E-state index in [9.17, 15) is 4.79 Å². The molecule has 4 nitrogen and oxygen atoms in total. The van der Waals surface area contributed by atoms with E-state index in [2.05, 4.69) is 10.3 Å². The lowest BCUT2D eigenvalue weighted by atomic mass is 10.3. The van der Waals surface area contributed by atoms with Gasteiger partial charge in [-0.3, -0.25) is 9.78 Å². The highest BCUT2D eigenvalue weighted by molar-refractivity contribution is 5.74. The van der Waals surface area contributed by atoms with Crippen molar-refractivity contribution in [1.29, 1.82) is 0 Å². The molecule has 13 heavy (non-hydrogen) atoms. The molecular weight excluding hydrogens is 166 g/mol. The number of nitrogens with one attached hydrogen (secondary N) is 1. The third-order valence-corrected chi connectivity index (χ3v) is 1.60. The number of nitrogens with two attached hydrogens (primary N) is 1. The Labute approximate surface area is 77.2 Å². The van der Waals surface area contributed by atoms with Crippen LogP contribution in [0.1, 0.15) is 12.1 Å². The van der Waals surface area contributed by atoms with Gasteiger partial charge in [-0.05, 0) is 19.1 Å². The average molecular weight is 179 g/mol. The zero-order valence-corrected chi connectivity index (χ0v) is 7.58. The molecule has 1 aromatic rings. The van der Waals surface area contributed by atoms with E-state index >= 15 is 0 Å². The van der Waals surface area contributed by atoms with E-state index in [0.717, 1.165) is 11.4 Å². The van der Waals surface area contributed by atoms with Crippen molar-refractivity contribution in [3.8, 4) is 0 Å². The van der Waals surface area contributed by atoms with Crippen LogP contribution in [0.3, 0.4) is 0 Å². The van der Waals surface area contributed by atoms with E-state index in [-0.39, 0.29) is 5.91 Å². The number of primary amides is 1. The van der Waals surface area contributed by atoms with Crippen LogP contribution < -0.4 is 11.1 Å². The Balaban J connectivity index is 2.41. The third-order valence-electron chi connectivity index (χ3n) is 1.60. The van der Waals surface area contributed by atoms with E-state index < -0.39 is 0 Å². The highest BCUT2D eigenvalue weighted by Gasteiger charge is 1.95. The first-order valence-electron chi connectivity index (χ1n) is 4.13. The quantitative estimate of drug-likeness (QED) is 0.714. The lowest BCUT2D eigenvalue weighted by Crippen LogP contribution is -2.15. The summed E-state index contributed by atoms with van der Waals surface area (Å²) in [5.74, 6) is -0.293. The van der Waals surface area contributed by atoms with Gasteiger partial charge < -0.3 is 11.1 Å². The molecule has 0 fully saturated rings. The predicted octanol–water partition coefficient (Wildman–Crippen LogP) is 0.677. The Hall–Kier alpha value is -1.58. The van der Waals surface area contributed by atoms with E-state index in [0.29, 0.717) is 13.0 Å². The van der Waals surface area contributed by atoms with Crippen LogP contribution >= 0.6 is 0 Å². The number of aromatic nitrogens is 1. The van der Waals surface area contributed by atoms with E-state index in [1.165, 1.54) is 0 Å². The number of carbonyl (C=O) groups is 1. The maximum Gasteiger partial charge on any atom is 0.219 e. The van der Waals surface area contributed by atoms with Gasteiger partial charge in [-0.1, -0.05) is 0 Å². The number of rotatable bonds is 4. The van der Waals surface area contributed by atoms with Gasteiger partial charge in [-0.2, -0.15) is 0 Å². The SMILES string of the molecule is Cc1cc(NCCC(N)=O)ccn1. The summed E-state index contributed by atoms with van der Waals surface area (Å²) in [5, 5.41) is 3.08. The Kier molecular flexibility index (Phi) is 3.25. The van der Waals surface area contributed by atoms with Gasteiger partial charge in [0.05, 0.1) is 0 Å². The number of hydrogen-bond donors (Lipinski definition) is 2. The van der Waals surface area contributed by atoms with Crippen LogP contribution in [-0.2, 0) is 4.79 Å². The number of nitrogens with zero attached hydrogens (tertiary/aromatic N) is 1. The summed E-state index contributed by atoms with van der Waals surface area (Å²) in [7, 11) is 0. The molecule has 3 N–H and O–H groups in total. The number of carbonyl (C=O) groups excluding carboxylic acids is 1. The van der Waals surface area contributed by atoms with Crippen molar-refractivity contribution < 1.29 is 4.79 Å². The standard InChI is InChI=1S/C9H13N3O/c1-7-6-8(2-4-11-7)12-5-3-9(10)13/h2,4,6H,3,5H2,1H3,(H2,10,13)(H,11,12). The second-order valence-electron chi connectivity index (χ2n) is 2.83. The third kappa shape index (κ3) is 3.55. The van der Waals surface area contributed by atoms with Crippen molar-refractivity contribution in [2.45, 2.75) is 13.3 Å². The molecule has 0 radical (unpaired) electrons. The van der Waals surface area contributed by atoms with Crippen molar-refractivity contribution in [3.63, 3.8) is 0 Å². The number of amides is 1. The topological polar surface area (TPSA) is 68.0 Å². The molecule has 0 aliphatic carbocycles. The van der Waals surface area contributed by atoms with Crippen molar-refractivity contribution in [2.24, 2.45) is 5.73 Å². The van der Waals surface area contributed by atoms with Gasteiger partial charge in [-0.25, -0.2) is 0 Å². The van der Waals surface area contributed by atoms with Crippen LogP contribution in [-0.4, -0.2) is 17.4 Å². The monoisotopic (exact) mass is 179 g/mol. The van der Waals surface area contributed by atoms with Gasteiger partial charge >= 0.3 is 0 Å². The smallest absolute Gasteiger partial charge is 0.219 e. The molecule has 1 heterocycles. The Morgan fingerprint density at radius 1 is 1.69 bits per heavy atom. The minimum Gasteiger partial charge on any atom is -0.384 e. The van der Waals surface area contributed by atoms with Crippen LogP contribution in [0.5, 0.6) is 0 Å². The van der Waals surface area contributed by atoms with E-state index in [4.69, 9.17) is 5.73 Å². The largest absolute Gasteiger partial charge is 0.384 e. The minimum atomic E-state index is -0.293. The number of aryl methyl sites for hydroxylation is 1. The predicted molar refractivity (Wildman–Crippen MR) is 51.3 cm³/mol. The summed E-state index contributed by atoms with van der Waals surface area (Å²) < 4.78 is 0. The average Bonchev–Trinajstić information content (AvgIpc) is 2.03. The molecule has 0 saturated heterocycles. The summed E-state index contributed by atoms with van der Waals surface area (Å²) in [6.45, 7) is 2.48. The lowest BCUT2D eigenvalue weighted by molar-refractivity contribution is -0.117. The van der Waals surface area contributed by atoms with E-state index in [1.807, 2.05) is 19.1 Å². The van der Waals surface area contributed by atoms with Gasteiger partial charge in [0.15, 0.2) is 0 Å². The second-order valence-corrected chi connectivity index (χ2v) is 2.83. The lowest BCUT2D eigenvalue weighted by Gasteiger charge is -2.04. The molecule has 70 valence electrons. The van der Waals surface area contributed by atoms with Crippen molar-refractivity contribution in [1.82, 2.24) is 4.98 Å². The normalized spacial score (nSPS) is 9.62. The van der Waals surface area contributed by atoms with Crippen molar-refractivity contribution in [2.75, 3.05) is 11.9 Å². The maximum atomic E-state index is 10.4. The molecule has 1 aromatic heterocycles. The molecule has 0 saturated carbocycles. The molecule has 0 unspecified atom stereocenters. The van der Waals surface area contributed by atoms with Crippen LogP contribution in [0.4, 0.5) is 5.69 Å². The van der Waals surface area contributed by atoms with Crippen LogP contribution in [0.25, 0.3) is 0 Å². The highest BCUT2D eigenvalue weighted by Crippen LogP contribution is 2.06. The molecule has 1 rings (SSSR count). The minimum absolute atomic E-state index is 0.293. The molecule has 0 aliphatic heterocycles. The zero-order valence-electron chi connectivity index (χ0n) is 7.58. The maximum absolute atomic E-state index is 10.4. The Morgan fingerprint density at radius 3 is 3.08 bits per heavy atom. The number of pyridine rings is 1. The molecule has 0 aliphatic rings. The van der Waals surface area contributed by atoms with Crippen LogP contribution in [0, 0.1) is 6.92 Å². The first kappa shape index (κ1) is 9.51. The Morgan fingerprint density at radius 2 is 2.46 bits per heavy atom. The van der Waals surface area contributed by atoms with Crippen molar-refractivity contribution >= 4 is 11.6 Å². The van der Waals surface area contributed by atoms with Crippen molar-refractivity contribution in [3.05, 3.63) is 24.0 Å². The summed E-state index contributed by atoms with van der Waals surface area (Å²) >= 11 is 0. The summed E-state index contributed by atoms with van der Waals surface area (Å²) in [6.07, 6.45) is 2.07. The van der Waals surface area contributed by atoms with Gasteiger partial charge in [-0.15, -0.1) is 0 Å². The molecule has 0 spiro atoms. The molecule has 0 bridgehead atoms. The fourth-order valence-corrected chi connectivity index (χ4v) is 0.986. The molecule has 0 atom stereocenters. The molecule has 4 heteroatoms. The number of hydrogen-bond acceptors (Lipinski definition) is 3. The molecular formula is C9H13N3O. The van der Waals surface area contributed by atoms with E-state index in [1.54, 1.807) is 6.20 Å². The first-order valence-corrected chi connectivity index (χ1v) is 4.13. The fourth-order valence-electron chi connectivity index (χ4n) is 0.986. The fraction of sp³-hybridized carbons (Fsp3) is 0.333. The first-order chi connectivity index (χ1) is 6.18. The molecule has 1 amide bonds. The summed E-state index contributed by atoms with van der Waals surface area (Å²) in [4.78, 5) is 14.5. The van der Waals surface area contributed by atoms with Gasteiger partial charge in [0, 0.05) is 30.5 Å². The summed E-state index contributed by atoms with van der Waals surface area (Å²) in [5.41, 5.74) is 6.91. The number of anilines is 1. The van der Waals surface area contributed by atoms with Gasteiger partial charge in [0.2, 0.25) is 5.91 Å². The van der Waals surface area contributed by atoms with Crippen LogP contribution in [0.2, 0.25) is 0 Å². The van der Waals surface area contributed by atoms with Crippen LogP contribution in [0.15, 0.2) is 18.3 Å². The molecule has 0 aromatic carbocycles. The van der Waals surface area contributed by atoms with Gasteiger partial charge in [0.25, 0.3) is 0 Å². The Bertz CT molecular complexity index is 299. The summed E-state index contributed by atoms with van der Waals surface area (Å²) in [6, 6.07) is 3.77.